The molecule has 0 saturated carbocycles. The van der Waals surface area contributed by atoms with E-state index in [9.17, 15) is 15.0 Å². The van der Waals surface area contributed by atoms with Crippen molar-refractivity contribution in [2.24, 2.45) is 0 Å². The van der Waals surface area contributed by atoms with Crippen molar-refractivity contribution in [2.45, 2.75) is 6.92 Å². The van der Waals surface area contributed by atoms with Crippen LogP contribution in [0.25, 0.3) is 0 Å². The molecule has 1 aromatic heterocycles. The van der Waals surface area contributed by atoms with Gasteiger partial charge in [-0.3, -0.25) is 10.1 Å². The first-order valence-corrected chi connectivity index (χ1v) is 4.82. The van der Waals surface area contributed by atoms with E-state index in [1.54, 1.807) is 6.92 Å². The number of aryl methyl sites for hydroxylation is 1. The fourth-order valence-electron chi connectivity index (χ4n) is 1.29. The molecule has 1 aromatic carbocycles. The number of aromatic hydroxyl groups is 2. The molecule has 0 spiro atoms. The molecule has 0 aliphatic heterocycles. The van der Waals surface area contributed by atoms with Crippen molar-refractivity contribution in [2.75, 3.05) is 5.32 Å². The van der Waals surface area contributed by atoms with Crippen molar-refractivity contribution in [3.05, 3.63) is 35.7 Å². The number of phenols is 2. The standard InChI is InChI=1S/C11H10N2O4/c1-6-5-17-11(12-6)13-10(16)7-3-2-4-8(14)9(7)15/h2-5,14-15H,1H3,(H,12,13,16). The van der Waals surface area contributed by atoms with Gasteiger partial charge < -0.3 is 14.6 Å². The third-order valence-corrected chi connectivity index (χ3v) is 2.10. The number of para-hydroxylation sites is 1. The molecule has 0 atom stereocenters. The van der Waals surface area contributed by atoms with Crippen molar-refractivity contribution >= 4 is 11.9 Å². The number of nitrogens with one attached hydrogen (secondary N) is 1. The van der Waals surface area contributed by atoms with Gasteiger partial charge in [0.15, 0.2) is 11.5 Å². The van der Waals surface area contributed by atoms with E-state index >= 15 is 0 Å². The van der Waals surface area contributed by atoms with Gasteiger partial charge in [-0.25, -0.2) is 0 Å². The number of benzene rings is 1. The molecule has 6 heteroatoms. The second kappa shape index (κ2) is 4.17. The van der Waals surface area contributed by atoms with Crippen molar-refractivity contribution < 1.29 is 19.4 Å². The molecular weight excluding hydrogens is 224 g/mol. The van der Waals surface area contributed by atoms with Gasteiger partial charge in [0, 0.05) is 0 Å². The summed E-state index contributed by atoms with van der Waals surface area (Å²) >= 11 is 0. The van der Waals surface area contributed by atoms with Crippen LogP contribution in [0.1, 0.15) is 16.1 Å². The molecule has 0 bridgehead atoms. The molecule has 0 unspecified atom stereocenters. The summed E-state index contributed by atoms with van der Waals surface area (Å²) in [4.78, 5) is 15.6. The number of hydrogen-bond acceptors (Lipinski definition) is 5. The third-order valence-electron chi connectivity index (χ3n) is 2.10. The first-order chi connectivity index (χ1) is 8.08. The lowest BCUT2D eigenvalue weighted by atomic mass is 10.2. The first-order valence-electron chi connectivity index (χ1n) is 4.82. The number of hydrogen-bond donors (Lipinski definition) is 3. The van der Waals surface area contributed by atoms with Gasteiger partial charge in [0.1, 0.15) is 6.26 Å². The van der Waals surface area contributed by atoms with Crippen LogP contribution in [0.15, 0.2) is 28.9 Å². The Kier molecular flexibility index (Phi) is 2.70. The summed E-state index contributed by atoms with van der Waals surface area (Å²) in [6.45, 7) is 1.71. The van der Waals surface area contributed by atoms with E-state index in [1.165, 1.54) is 24.5 Å². The lowest BCUT2D eigenvalue weighted by Crippen LogP contribution is -2.12. The Morgan fingerprint density at radius 1 is 1.41 bits per heavy atom. The molecule has 2 aromatic rings. The van der Waals surface area contributed by atoms with Crippen LogP contribution in [-0.2, 0) is 0 Å². The summed E-state index contributed by atoms with van der Waals surface area (Å²) < 4.78 is 4.94. The van der Waals surface area contributed by atoms with Crippen molar-refractivity contribution in [3.63, 3.8) is 0 Å². The Balaban J connectivity index is 2.23. The van der Waals surface area contributed by atoms with Crippen molar-refractivity contribution in [1.82, 2.24) is 4.98 Å². The minimum Gasteiger partial charge on any atom is -0.504 e. The maximum Gasteiger partial charge on any atom is 0.301 e. The topological polar surface area (TPSA) is 95.6 Å². The van der Waals surface area contributed by atoms with E-state index in [0.717, 1.165) is 0 Å². The van der Waals surface area contributed by atoms with Gasteiger partial charge in [-0.15, -0.1) is 0 Å². The van der Waals surface area contributed by atoms with Gasteiger partial charge >= 0.3 is 6.01 Å². The van der Waals surface area contributed by atoms with E-state index in [1.807, 2.05) is 0 Å². The molecule has 6 nitrogen and oxygen atoms in total. The molecule has 1 heterocycles. The average molecular weight is 234 g/mol. The SMILES string of the molecule is Cc1coc(NC(=O)c2cccc(O)c2O)n1. The van der Waals surface area contributed by atoms with E-state index < -0.39 is 11.7 Å². The molecule has 88 valence electrons. The molecule has 2 rings (SSSR count). The van der Waals surface area contributed by atoms with E-state index in [4.69, 9.17) is 4.42 Å². The van der Waals surface area contributed by atoms with Crippen LogP contribution in [0, 0.1) is 6.92 Å². The van der Waals surface area contributed by atoms with Crippen LogP contribution in [0.2, 0.25) is 0 Å². The quantitative estimate of drug-likeness (QED) is 0.686. The highest BCUT2D eigenvalue weighted by Gasteiger charge is 2.15. The summed E-state index contributed by atoms with van der Waals surface area (Å²) in [5.41, 5.74) is 0.571. The summed E-state index contributed by atoms with van der Waals surface area (Å²) in [5, 5.41) is 21.1. The van der Waals surface area contributed by atoms with Gasteiger partial charge in [-0.1, -0.05) is 6.07 Å². The number of aromatic nitrogens is 1. The van der Waals surface area contributed by atoms with Gasteiger partial charge in [0.05, 0.1) is 11.3 Å². The number of phenolic OH excluding ortho intramolecular Hbond substituents is 2. The minimum absolute atomic E-state index is 0.0373. The summed E-state index contributed by atoms with van der Waals surface area (Å²) in [6, 6.07) is 4.14. The van der Waals surface area contributed by atoms with E-state index in [2.05, 4.69) is 10.3 Å². The number of anilines is 1. The normalized spacial score (nSPS) is 10.2. The Hall–Kier alpha value is -2.50. The molecule has 0 aliphatic rings. The second-order valence-corrected chi connectivity index (χ2v) is 3.42. The van der Waals surface area contributed by atoms with Crippen molar-refractivity contribution in [1.29, 1.82) is 0 Å². The molecule has 0 fully saturated rings. The summed E-state index contributed by atoms with van der Waals surface area (Å²) in [7, 11) is 0. The van der Waals surface area contributed by atoms with Crippen LogP contribution >= 0.6 is 0 Å². The molecule has 0 aliphatic carbocycles. The second-order valence-electron chi connectivity index (χ2n) is 3.42. The maximum absolute atomic E-state index is 11.7. The Morgan fingerprint density at radius 2 is 2.18 bits per heavy atom. The predicted molar refractivity (Wildman–Crippen MR) is 59.0 cm³/mol. The lowest BCUT2D eigenvalue weighted by Gasteiger charge is -2.04. The number of rotatable bonds is 2. The van der Waals surface area contributed by atoms with Crippen molar-refractivity contribution in [3.8, 4) is 11.5 Å². The molecule has 3 N–H and O–H groups in total. The monoisotopic (exact) mass is 234 g/mol. The zero-order valence-corrected chi connectivity index (χ0v) is 8.97. The van der Waals surface area contributed by atoms with Crippen LogP contribution in [0.4, 0.5) is 6.01 Å². The first kappa shape index (κ1) is 11.0. The lowest BCUT2D eigenvalue weighted by molar-refractivity contribution is 0.102. The van der Waals surface area contributed by atoms with Gasteiger partial charge in [-0.2, -0.15) is 4.98 Å². The van der Waals surface area contributed by atoms with Gasteiger partial charge in [0.25, 0.3) is 5.91 Å². The Morgan fingerprint density at radius 3 is 2.82 bits per heavy atom. The fourth-order valence-corrected chi connectivity index (χ4v) is 1.29. The highest BCUT2D eigenvalue weighted by atomic mass is 16.4. The van der Waals surface area contributed by atoms with Gasteiger partial charge in [0.2, 0.25) is 0 Å². The van der Waals surface area contributed by atoms with Crippen LogP contribution in [0.3, 0.4) is 0 Å². The molecule has 1 amide bonds. The Bertz CT molecular complexity index is 562. The number of amides is 1. The average Bonchev–Trinajstić information content (AvgIpc) is 2.68. The molecular formula is C11H10N2O4. The molecule has 0 saturated heterocycles. The van der Waals surface area contributed by atoms with Gasteiger partial charge in [-0.05, 0) is 19.1 Å². The smallest absolute Gasteiger partial charge is 0.301 e. The van der Waals surface area contributed by atoms with Crippen LogP contribution in [0.5, 0.6) is 11.5 Å². The minimum atomic E-state index is -0.611. The largest absolute Gasteiger partial charge is 0.504 e. The fraction of sp³-hybridized carbons (Fsp3) is 0.0909. The summed E-state index contributed by atoms with van der Waals surface area (Å²) in [6.07, 6.45) is 1.39. The van der Waals surface area contributed by atoms with Crippen LogP contribution < -0.4 is 5.32 Å². The highest BCUT2D eigenvalue weighted by molar-refractivity contribution is 6.05. The summed E-state index contributed by atoms with van der Waals surface area (Å²) in [5.74, 6) is -1.45. The number of carbonyl (C=O) groups is 1. The van der Waals surface area contributed by atoms with E-state index in [-0.39, 0.29) is 17.3 Å². The Labute approximate surface area is 96.5 Å². The maximum atomic E-state index is 11.7. The zero-order chi connectivity index (χ0) is 12.4. The third kappa shape index (κ3) is 2.20. The van der Waals surface area contributed by atoms with E-state index in [0.29, 0.717) is 5.69 Å². The van der Waals surface area contributed by atoms with Crippen LogP contribution in [-0.4, -0.2) is 21.1 Å². The number of oxazole rings is 1. The zero-order valence-electron chi connectivity index (χ0n) is 8.97. The number of nitrogens with zero attached hydrogens (tertiary/aromatic N) is 1. The highest BCUT2D eigenvalue weighted by Crippen LogP contribution is 2.28. The molecule has 0 radical (unpaired) electrons. The molecule has 17 heavy (non-hydrogen) atoms. The number of carbonyl (C=O) groups excluding carboxylic acids is 1. The predicted octanol–water partition coefficient (Wildman–Crippen LogP) is 1.65.